The molecule has 1 N–H and O–H groups in total. The van der Waals surface area contributed by atoms with E-state index >= 15 is 0 Å². The van der Waals surface area contributed by atoms with Crippen molar-refractivity contribution in [3.63, 3.8) is 0 Å². The summed E-state index contributed by atoms with van der Waals surface area (Å²) in [6.07, 6.45) is 2.65. The van der Waals surface area contributed by atoms with Gasteiger partial charge >= 0.3 is 0 Å². The van der Waals surface area contributed by atoms with Crippen molar-refractivity contribution in [2.45, 2.75) is 46.2 Å². The van der Waals surface area contributed by atoms with Gasteiger partial charge in [-0.05, 0) is 25.2 Å². The van der Waals surface area contributed by atoms with Crippen molar-refractivity contribution >= 4 is 0 Å². The Kier molecular flexibility index (Phi) is 2.31. The minimum absolute atomic E-state index is 0.499. The highest BCUT2D eigenvalue weighted by molar-refractivity contribution is 4.97. The third-order valence-electron chi connectivity index (χ3n) is 3.22. The van der Waals surface area contributed by atoms with Crippen LogP contribution in [0.15, 0.2) is 4.52 Å². The molecule has 0 spiro atoms. The molecule has 4 heteroatoms. The van der Waals surface area contributed by atoms with Gasteiger partial charge in [0.25, 0.3) is 0 Å². The summed E-state index contributed by atoms with van der Waals surface area (Å²) in [4.78, 5) is 4.14. The fraction of sp³-hybridized carbons (Fsp3) is 0.800. The van der Waals surface area contributed by atoms with Crippen molar-refractivity contribution in [1.82, 2.24) is 15.5 Å². The molecule has 0 aliphatic heterocycles. The molecule has 1 heterocycles. The van der Waals surface area contributed by atoms with Crippen molar-refractivity contribution in [2.24, 2.45) is 5.41 Å². The van der Waals surface area contributed by atoms with E-state index in [1.807, 2.05) is 6.92 Å². The second-order valence-corrected chi connectivity index (χ2v) is 4.49. The topological polar surface area (TPSA) is 51.0 Å². The van der Waals surface area contributed by atoms with E-state index < -0.39 is 0 Å². The Labute approximate surface area is 84.1 Å². The molecule has 1 atom stereocenters. The summed E-state index contributed by atoms with van der Waals surface area (Å²) >= 11 is 0. The first-order valence-electron chi connectivity index (χ1n) is 5.13. The molecule has 14 heavy (non-hydrogen) atoms. The van der Waals surface area contributed by atoms with Gasteiger partial charge in [0, 0.05) is 13.0 Å². The molecule has 1 aromatic rings. The van der Waals surface area contributed by atoms with Gasteiger partial charge in [-0.3, -0.25) is 0 Å². The summed E-state index contributed by atoms with van der Waals surface area (Å²) in [6, 6.07) is 0.529. The number of rotatable bonds is 4. The second-order valence-electron chi connectivity index (χ2n) is 4.49. The highest BCUT2D eigenvalue weighted by Gasteiger charge is 2.42. The largest absolute Gasteiger partial charge is 0.340 e. The monoisotopic (exact) mass is 195 g/mol. The van der Waals surface area contributed by atoms with E-state index in [9.17, 15) is 0 Å². The zero-order valence-electron chi connectivity index (χ0n) is 9.00. The summed E-state index contributed by atoms with van der Waals surface area (Å²) in [5, 5.41) is 7.27. The van der Waals surface area contributed by atoms with Crippen molar-refractivity contribution in [3.8, 4) is 0 Å². The molecule has 0 bridgehead atoms. The lowest BCUT2D eigenvalue weighted by Crippen LogP contribution is -2.33. The highest BCUT2D eigenvalue weighted by atomic mass is 16.5. The van der Waals surface area contributed by atoms with Gasteiger partial charge in [0.05, 0.1) is 6.54 Å². The summed E-state index contributed by atoms with van der Waals surface area (Å²) in [7, 11) is 0. The predicted molar refractivity (Wildman–Crippen MR) is 52.7 cm³/mol. The number of nitrogens with zero attached hydrogens (tertiary/aromatic N) is 2. The predicted octanol–water partition coefficient (Wildman–Crippen LogP) is 1.66. The standard InChI is InChI=1S/C10H17N3O/c1-7(10(3)4-5-10)11-6-9-12-8(2)14-13-9/h7,11H,4-6H2,1-3H3. The zero-order valence-corrected chi connectivity index (χ0v) is 9.00. The van der Waals surface area contributed by atoms with Crippen molar-refractivity contribution < 1.29 is 4.52 Å². The average Bonchev–Trinajstić information content (AvgIpc) is 2.76. The lowest BCUT2D eigenvalue weighted by atomic mass is 10.0. The smallest absolute Gasteiger partial charge is 0.223 e. The molecule has 1 unspecified atom stereocenters. The number of aryl methyl sites for hydroxylation is 1. The summed E-state index contributed by atoms with van der Waals surface area (Å²) < 4.78 is 4.90. The van der Waals surface area contributed by atoms with E-state index in [0.717, 1.165) is 5.82 Å². The Morgan fingerprint density at radius 3 is 2.79 bits per heavy atom. The van der Waals surface area contributed by atoms with Crippen LogP contribution in [0.3, 0.4) is 0 Å². The van der Waals surface area contributed by atoms with Crippen LogP contribution in [-0.4, -0.2) is 16.2 Å². The first-order valence-corrected chi connectivity index (χ1v) is 5.13. The maximum Gasteiger partial charge on any atom is 0.223 e. The van der Waals surface area contributed by atoms with Crippen LogP contribution in [0.25, 0.3) is 0 Å². The SMILES string of the molecule is Cc1nc(CNC(C)C2(C)CC2)no1. The molecule has 0 radical (unpaired) electrons. The minimum Gasteiger partial charge on any atom is -0.340 e. The summed E-state index contributed by atoms with van der Waals surface area (Å²) in [6.45, 7) is 7.04. The van der Waals surface area contributed by atoms with Crippen molar-refractivity contribution in [3.05, 3.63) is 11.7 Å². The van der Waals surface area contributed by atoms with Gasteiger partial charge in [-0.15, -0.1) is 0 Å². The molecule has 1 saturated carbocycles. The average molecular weight is 195 g/mol. The number of nitrogens with one attached hydrogen (secondary N) is 1. The molecule has 0 saturated heterocycles. The third kappa shape index (κ3) is 1.95. The van der Waals surface area contributed by atoms with Crippen LogP contribution in [0.1, 0.15) is 38.4 Å². The summed E-state index contributed by atoms with van der Waals surface area (Å²) in [5.41, 5.74) is 0.499. The van der Waals surface area contributed by atoms with Crippen LogP contribution in [0.2, 0.25) is 0 Å². The Hall–Kier alpha value is -0.900. The molecular weight excluding hydrogens is 178 g/mol. The van der Waals surface area contributed by atoms with Gasteiger partial charge in [-0.2, -0.15) is 4.98 Å². The van der Waals surface area contributed by atoms with Crippen LogP contribution < -0.4 is 5.32 Å². The van der Waals surface area contributed by atoms with Crippen LogP contribution >= 0.6 is 0 Å². The van der Waals surface area contributed by atoms with E-state index in [1.54, 1.807) is 0 Å². The van der Waals surface area contributed by atoms with Gasteiger partial charge in [0.1, 0.15) is 0 Å². The van der Waals surface area contributed by atoms with Crippen molar-refractivity contribution in [1.29, 1.82) is 0 Å². The molecule has 1 aliphatic carbocycles. The fourth-order valence-corrected chi connectivity index (χ4v) is 1.53. The number of hydrogen-bond donors (Lipinski definition) is 1. The van der Waals surface area contributed by atoms with Gasteiger partial charge in [0.15, 0.2) is 5.82 Å². The lowest BCUT2D eigenvalue weighted by molar-refractivity contribution is 0.361. The quantitative estimate of drug-likeness (QED) is 0.793. The van der Waals surface area contributed by atoms with Gasteiger partial charge in [-0.1, -0.05) is 12.1 Å². The molecule has 4 nitrogen and oxygen atoms in total. The molecule has 1 fully saturated rings. The first-order chi connectivity index (χ1) is 6.60. The van der Waals surface area contributed by atoms with Crippen molar-refractivity contribution in [2.75, 3.05) is 0 Å². The van der Waals surface area contributed by atoms with Gasteiger partial charge in [0.2, 0.25) is 5.89 Å². The fourth-order valence-electron chi connectivity index (χ4n) is 1.53. The van der Waals surface area contributed by atoms with E-state index in [4.69, 9.17) is 4.52 Å². The van der Waals surface area contributed by atoms with Gasteiger partial charge in [-0.25, -0.2) is 0 Å². The maximum atomic E-state index is 4.90. The summed E-state index contributed by atoms with van der Waals surface area (Å²) in [5.74, 6) is 1.38. The van der Waals surface area contributed by atoms with Crippen LogP contribution in [-0.2, 0) is 6.54 Å². The molecular formula is C10H17N3O. The maximum absolute atomic E-state index is 4.90. The Morgan fingerprint density at radius 1 is 1.57 bits per heavy atom. The van der Waals surface area contributed by atoms with Crippen LogP contribution in [0.4, 0.5) is 0 Å². The Morgan fingerprint density at radius 2 is 2.29 bits per heavy atom. The molecule has 0 amide bonds. The molecule has 78 valence electrons. The van der Waals surface area contributed by atoms with E-state index in [1.165, 1.54) is 12.8 Å². The van der Waals surface area contributed by atoms with E-state index in [0.29, 0.717) is 23.9 Å². The Bertz CT molecular complexity index is 317. The number of aromatic nitrogens is 2. The Balaban J connectivity index is 1.82. The molecule has 2 rings (SSSR count). The molecule has 1 aliphatic rings. The lowest BCUT2D eigenvalue weighted by Gasteiger charge is -2.19. The third-order valence-corrected chi connectivity index (χ3v) is 3.22. The normalized spacial score (nSPS) is 20.8. The second kappa shape index (κ2) is 3.35. The van der Waals surface area contributed by atoms with Gasteiger partial charge < -0.3 is 9.84 Å². The van der Waals surface area contributed by atoms with E-state index in [-0.39, 0.29) is 0 Å². The van der Waals surface area contributed by atoms with Crippen LogP contribution in [0, 0.1) is 12.3 Å². The van der Waals surface area contributed by atoms with E-state index in [2.05, 4.69) is 29.3 Å². The number of hydrogen-bond acceptors (Lipinski definition) is 4. The molecule has 1 aromatic heterocycles. The first kappa shape index (κ1) is 9.65. The van der Waals surface area contributed by atoms with Crippen LogP contribution in [0.5, 0.6) is 0 Å². The molecule has 0 aromatic carbocycles. The minimum atomic E-state index is 0.499. The highest BCUT2D eigenvalue weighted by Crippen LogP contribution is 2.47. The zero-order chi connectivity index (χ0) is 10.2.